The largest absolute Gasteiger partial charge is 0.433 e. The fourth-order valence-corrected chi connectivity index (χ4v) is 3.25. The van der Waals surface area contributed by atoms with Crippen molar-refractivity contribution >= 4 is 22.3 Å². The second-order valence-corrected chi connectivity index (χ2v) is 6.60. The molecule has 8 heteroatoms. The van der Waals surface area contributed by atoms with Gasteiger partial charge in [-0.2, -0.15) is 18.3 Å². The Bertz CT molecular complexity index is 1210. The number of rotatable bonds is 4. The molecule has 1 N–H and O–H groups in total. The molecule has 0 aliphatic heterocycles. The molecule has 2 aromatic heterocycles. The molecule has 0 bridgehead atoms. The highest BCUT2D eigenvalue weighted by molar-refractivity contribution is 6.00. The van der Waals surface area contributed by atoms with E-state index in [1.807, 2.05) is 37.3 Å². The first kappa shape index (κ1) is 18.9. The number of nitrogens with zero attached hydrogens (tertiary/aromatic N) is 3. The van der Waals surface area contributed by atoms with Crippen molar-refractivity contribution in [2.24, 2.45) is 0 Å². The third-order valence-electron chi connectivity index (χ3n) is 4.61. The molecule has 1 amide bonds. The highest BCUT2D eigenvalue weighted by Crippen LogP contribution is 2.34. The molecule has 2 heterocycles. The van der Waals surface area contributed by atoms with Crippen LogP contribution in [0.25, 0.3) is 27.7 Å². The van der Waals surface area contributed by atoms with Crippen LogP contribution in [0.1, 0.15) is 29.4 Å². The van der Waals surface area contributed by atoms with Crippen LogP contribution >= 0.6 is 0 Å². The van der Waals surface area contributed by atoms with Gasteiger partial charge in [0.1, 0.15) is 5.56 Å². The SMILES string of the molecule is CCCNC(=O)c1cnn2c(C(F)(F)F)cc(-c3cccc4ccccc34)nc12. The summed E-state index contributed by atoms with van der Waals surface area (Å²) in [5.74, 6) is -0.502. The number of alkyl halides is 3. The van der Waals surface area contributed by atoms with Crippen LogP contribution in [0.15, 0.2) is 54.7 Å². The zero-order valence-electron chi connectivity index (χ0n) is 15.5. The molecule has 4 rings (SSSR count). The van der Waals surface area contributed by atoms with Crippen LogP contribution in [0.5, 0.6) is 0 Å². The molecule has 29 heavy (non-hydrogen) atoms. The van der Waals surface area contributed by atoms with Crippen LogP contribution in [-0.2, 0) is 6.18 Å². The second kappa shape index (κ2) is 7.20. The molecule has 0 fully saturated rings. The third kappa shape index (κ3) is 3.41. The van der Waals surface area contributed by atoms with Crippen LogP contribution in [0.3, 0.4) is 0 Å². The quantitative estimate of drug-likeness (QED) is 0.542. The zero-order chi connectivity index (χ0) is 20.6. The van der Waals surface area contributed by atoms with Crippen molar-refractivity contribution in [3.63, 3.8) is 0 Å². The van der Waals surface area contributed by atoms with Crippen LogP contribution in [0.2, 0.25) is 0 Å². The van der Waals surface area contributed by atoms with E-state index < -0.39 is 17.8 Å². The Balaban J connectivity index is 1.98. The average molecular weight is 398 g/mol. The number of nitrogens with one attached hydrogen (secondary N) is 1. The van der Waals surface area contributed by atoms with Gasteiger partial charge >= 0.3 is 6.18 Å². The first-order valence-corrected chi connectivity index (χ1v) is 9.12. The van der Waals surface area contributed by atoms with Gasteiger partial charge in [-0.25, -0.2) is 9.50 Å². The van der Waals surface area contributed by atoms with Gasteiger partial charge < -0.3 is 5.32 Å². The van der Waals surface area contributed by atoms with E-state index >= 15 is 0 Å². The van der Waals surface area contributed by atoms with Gasteiger partial charge in [-0.15, -0.1) is 0 Å². The predicted octanol–water partition coefficient (Wildman–Crippen LogP) is 4.71. The molecule has 5 nitrogen and oxygen atoms in total. The maximum atomic E-state index is 13.8. The number of carbonyl (C=O) groups is 1. The van der Waals surface area contributed by atoms with Gasteiger partial charge in [0.15, 0.2) is 11.3 Å². The van der Waals surface area contributed by atoms with Crippen molar-refractivity contribution in [3.05, 3.63) is 66.0 Å². The van der Waals surface area contributed by atoms with Crippen molar-refractivity contribution in [3.8, 4) is 11.3 Å². The molecule has 0 saturated carbocycles. The Kier molecular flexibility index (Phi) is 4.70. The number of halogens is 3. The Labute approximate surface area is 164 Å². The Morgan fingerprint density at radius 2 is 1.90 bits per heavy atom. The zero-order valence-corrected chi connectivity index (χ0v) is 15.5. The molecule has 0 aliphatic carbocycles. The van der Waals surface area contributed by atoms with Crippen molar-refractivity contribution < 1.29 is 18.0 Å². The molecular weight excluding hydrogens is 381 g/mol. The Morgan fingerprint density at radius 1 is 1.14 bits per heavy atom. The number of fused-ring (bicyclic) bond motifs is 2. The van der Waals surface area contributed by atoms with Crippen LogP contribution < -0.4 is 5.32 Å². The summed E-state index contributed by atoms with van der Waals surface area (Å²) < 4.78 is 41.9. The number of amides is 1. The summed E-state index contributed by atoms with van der Waals surface area (Å²) in [5, 5.41) is 8.10. The topological polar surface area (TPSA) is 59.3 Å². The number of hydrogen-bond donors (Lipinski definition) is 1. The lowest BCUT2D eigenvalue weighted by Gasteiger charge is -2.13. The standard InChI is InChI=1S/C21H17F3N4O/c1-2-10-25-20(29)16-12-26-28-18(21(22,23)24)11-17(27-19(16)28)15-9-5-7-13-6-3-4-8-14(13)15/h3-9,11-12H,2,10H2,1H3,(H,25,29). The molecule has 0 spiro atoms. The van der Waals surface area contributed by atoms with Crippen LogP contribution in [0, 0.1) is 0 Å². The van der Waals surface area contributed by atoms with E-state index in [1.165, 1.54) is 0 Å². The van der Waals surface area contributed by atoms with Gasteiger partial charge in [0.25, 0.3) is 5.91 Å². The maximum absolute atomic E-state index is 13.8. The monoisotopic (exact) mass is 398 g/mol. The van der Waals surface area contributed by atoms with E-state index in [4.69, 9.17) is 0 Å². The summed E-state index contributed by atoms with van der Waals surface area (Å²) in [6.07, 6.45) is -2.84. The number of carbonyl (C=O) groups excluding carboxylic acids is 1. The molecule has 0 unspecified atom stereocenters. The minimum atomic E-state index is -4.66. The second-order valence-electron chi connectivity index (χ2n) is 6.60. The lowest BCUT2D eigenvalue weighted by atomic mass is 10.0. The number of hydrogen-bond acceptors (Lipinski definition) is 3. The molecule has 4 aromatic rings. The van der Waals surface area contributed by atoms with E-state index in [9.17, 15) is 18.0 Å². The Hall–Kier alpha value is -3.42. The third-order valence-corrected chi connectivity index (χ3v) is 4.61. The van der Waals surface area contributed by atoms with Gasteiger partial charge in [0.2, 0.25) is 0 Å². The highest BCUT2D eigenvalue weighted by Gasteiger charge is 2.36. The summed E-state index contributed by atoms with van der Waals surface area (Å²) in [7, 11) is 0. The van der Waals surface area contributed by atoms with Gasteiger partial charge in [-0.1, -0.05) is 49.4 Å². The highest BCUT2D eigenvalue weighted by atomic mass is 19.4. The summed E-state index contributed by atoms with van der Waals surface area (Å²) in [6.45, 7) is 2.29. The van der Waals surface area contributed by atoms with Crippen LogP contribution in [0.4, 0.5) is 13.2 Å². The van der Waals surface area contributed by atoms with Gasteiger partial charge in [-0.3, -0.25) is 4.79 Å². The van der Waals surface area contributed by atoms with E-state index in [0.29, 0.717) is 23.0 Å². The van der Waals surface area contributed by atoms with E-state index in [2.05, 4.69) is 15.4 Å². The van der Waals surface area contributed by atoms with Crippen molar-refractivity contribution in [2.45, 2.75) is 19.5 Å². The van der Waals surface area contributed by atoms with E-state index in [0.717, 1.165) is 23.0 Å². The molecular formula is C21H17F3N4O. The van der Waals surface area contributed by atoms with E-state index in [1.54, 1.807) is 12.1 Å². The maximum Gasteiger partial charge on any atom is 0.433 e. The first-order chi connectivity index (χ1) is 13.9. The first-order valence-electron chi connectivity index (χ1n) is 9.12. The average Bonchev–Trinajstić information content (AvgIpc) is 3.14. The number of aromatic nitrogens is 3. The van der Waals surface area contributed by atoms with Gasteiger partial charge in [0, 0.05) is 12.1 Å². The Morgan fingerprint density at radius 3 is 2.66 bits per heavy atom. The fourth-order valence-electron chi connectivity index (χ4n) is 3.25. The van der Waals surface area contributed by atoms with Gasteiger partial charge in [-0.05, 0) is 23.3 Å². The van der Waals surface area contributed by atoms with Gasteiger partial charge in [0.05, 0.1) is 11.9 Å². The van der Waals surface area contributed by atoms with Crippen molar-refractivity contribution in [2.75, 3.05) is 6.54 Å². The summed E-state index contributed by atoms with van der Waals surface area (Å²) in [5.41, 5.74) is -0.425. The predicted molar refractivity (Wildman–Crippen MR) is 104 cm³/mol. The lowest BCUT2D eigenvalue weighted by molar-refractivity contribution is -0.142. The summed E-state index contributed by atoms with van der Waals surface area (Å²) in [6, 6.07) is 13.7. The van der Waals surface area contributed by atoms with Crippen molar-refractivity contribution in [1.82, 2.24) is 19.9 Å². The molecule has 2 aromatic carbocycles. The fraction of sp³-hybridized carbons (Fsp3) is 0.190. The summed E-state index contributed by atoms with van der Waals surface area (Å²) >= 11 is 0. The van der Waals surface area contributed by atoms with E-state index in [-0.39, 0.29) is 16.9 Å². The molecule has 0 aliphatic rings. The molecule has 148 valence electrons. The van der Waals surface area contributed by atoms with Crippen LogP contribution in [-0.4, -0.2) is 27.0 Å². The molecule has 0 radical (unpaired) electrons. The number of benzene rings is 2. The minimum absolute atomic E-state index is 0.00559. The van der Waals surface area contributed by atoms with Crippen molar-refractivity contribution in [1.29, 1.82) is 0 Å². The normalized spacial score (nSPS) is 11.9. The molecule has 0 atom stereocenters. The minimum Gasteiger partial charge on any atom is -0.352 e. The lowest BCUT2D eigenvalue weighted by Crippen LogP contribution is -2.24. The smallest absolute Gasteiger partial charge is 0.352 e. The summed E-state index contributed by atoms with van der Waals surface area (Å²) in [4.78, 5) is 16.8. The molecule has 0 saturated heterocycles.